The normalized spacial score (nSPS) is 22.0. The molecule has 10 heteroatoms. The Hall–Kier alpha value is -3.33. The van der Waals surface area contributed by atoms with Gasteiger partial charge in [0.1, 0.15) is 46.4 Å². The molecule has 2 aromatic heterocycles. The summed E-state index contributed by atoms with van der Waals surface area (Å²) < 4.78 is 19.9. The van der Waals surface area contributed by atoms with Crippen LogP contribution < -0.4 is 24.4 Å². The van der Waals surface area contributed by atoms with Crippen molar-refractivity contribution in [1.82, 2.24) is 4.57 Å². The molecule has 188 valence electrons. The maximum Gasteiger partial charge on any atom is 0.271 e. The van der Waals surface area contributed by atoms with Crippen LogP contribution in [0.3, 0.4) is 0 Å². The van der Waals surface area contributed by atoms with Crippen molar-refractivity contribution >= 4 is 46.4 Å². The van der Waals surface area contributed by atoms with Gasteiger partial charge in [0, 0.05) is 11.6 Å². The number of carbonyl (C=O) groups is 1. The van der Waals surface area contributed by atoms with E-state index in [0.717, 1.165) is 5.56 Å². The van der Waals surface area contributed by atoms with E-state index in [4.69, 9.17) is 42.1 Å². The van der Waals surface area contributed by atoms with Gasteiger partial charge in [-0.05, 0) is 44.2 Å². The van der Waals surface area contributed by atoms with Crippen LogP contribution in [0, 0.1) is 5.92 Å². The van der Waals surface area contributed by atoms with Crippen LogP contribution >= 0.6 is 34.5 Å². The van der Waals surface area contributed by atoms with Crippen molar-refractivity contribution in [2.24, 2.45) is 10.9 Å². The molecule has 2 aromatic carbocycles. The number of thiazole rings is 1. The molecule has 3 atom stereocenters. The summed E-state index contributed by atoms with van der Waals surface area (Å²) >= 11 is 13.5. The van der Waals surface area contributed by atoms with Crippen LogP contribution in [0.15, 0.2) is 68.8 Å². The van der Waals surface area contributed by atoms with Crippen LogP contribution in [0.25, 0.3) is 6.08 Å². The van der Waals surface area contributed by atoms with Gasteiger partial charge in [-0.3, -0.25) is 14.2 Å². The molecule has 4 aromatic rings. The van der Waals surface area contributed by atoms with Crippen LogP contribution in [-0.2, 0) is 11.4 Å². The fourth-order valence-electron chi connectivity index (χ4n) is 4.98. The van der Waals surface area contributed by atoms with E-state index in [2.05, 4.69) is 0 Å². The second-order valence-electron chi connectivity index (χ2n) is 9.05. The number of para-hydroxylation sites is 1. The van der Waals surface area contributed by atoms with E-state index in [1.165, 1.54) is 18.3 Å². The van der Waals surface area contributed by atoms with Crippen LogP contribution in [-0.4, -0.2) is 16.1 Å². The molecule has 0 spiro atoms. The predicted octanol–water partition coefficient (Wildman–Crippen LogP) is 4.75. The van der Waals surface area contributed by atoms with Crippen molar-refractivity contribution in [2.45, 2.75) is 32.2 Å². The molecular weight excluding hydrogens is 535 g/mol. The van der Waals surface area contributed by atoms with Crippen molar-refractivity contribution in [3.05, 3.63) is 101 Å². The van der Waals surface area contributed by atoms with Crippen molar-refractivity contribution in [1.29, 1.82) is 0 Å². The summed E-state index contributed by atoms with van der Waals surface area (Å²) in [6.07, 6.45) is 1.67. The number of halogens is 2. The van der Waals surface area contributed by atoms with Crippen molar-refractivity contribution in [2.75, 3.05) is 0 Å². The lowest BCUT2D eigenvalue weighted by molar-refractivity contribution is -0.132. The summed E-state index contributed by atoms with van der Waals surface area (Å²) in [7, 11) is 0. The maximum absolute atomic E-state index is 13.6. The minimum Gasteiger partial charge on any atom is -0.484 e. The number of fused-ring (bicyclic) bond motifs is 6. The quantitative estimate of drug-likeness (QED) is 0.355. The van der Waals surface area contributed by atoms with Gasteiger partial charge in [0.15, 0.2) is 4.80 Å². The van der Waals surface area contributed by atoms with Crippen molar-refractivity contribution in [3.63, 3.8) is 0 Å². The molecule has 0 saturated carbocycles. The minimum atomic E-state index is -1.10. The van der Waals surface area contributed by atoms with E-state index in [-0.39, 0.29) is 17.9 Å². The van der Waals surface area contributed by atoms with E-state index in [1.807, 2.05) is 24.3 Å². The Balaban J connectivity index is 1.37. The zero-order chi connectivity index (χ0) is 25.9. The molecule has 2 aliphatic rings. The average Bonchev–Trinajstić information content (AvgIpc) is 3.42. The summed E-state index contributed by atoms with van der Waals surface area (Å²) in [5.74, 6) is 1.40. The van der Waals surface area contributed by atoms with E-state index in [0.29, 0.717) is 42.4 Å². The minimum absolute atomic E-state index is 0.0875. The molecule has 2 bridgehead atoms. The highest BCUT2D eigenvalue weighted by molar-refractivity contribution is 7.07. The number of carbonyl (C=O) groups excluding carboxylic acids is 1. The number of hydrogen-bond donors (Lipinski definition) is 0. The molecule has 4 heterocycles. The fraction of sp³-hybridized carbons (Fsp3) is 0.222. The molecule has 37 heavy (non-hydrogen) atoms. The Morgan fingerprint density at radius 3 is 2.81 bits per heavy atom. The molecule has 0 amide bonds. The van der Waals surface area contributed by atoms with E-state index in [9.17, 15) is 9.59 Å². The number of ketones is 1. The number of hydrogen-bond acceptors (Lipinski definition) is 7. The van der Waals surface area contributed by atoms with Gasteiger partial charge in [-0.2, -0.15) is 0 Å². The number of ether oxygens (including phenoxy) is 2. The van der Waals surface area contributed by atoms with Crippen LogP contribution in [0.4, 0.5) is 0 Å². The Labute approximate surface area is 225 Å². The van der Waals surface area contributed by atoms with Crippen LogP contribution in [0.5, 0.6) is 11.5 Å². The van der Waals surface area contributed by atoms with E-state index < -0.39 is 17.7 Å². The third kappa shape index (κ3) is 4.00. The molecule has 0 unspecified atom stereocenters. The second kappa shape index (κ2) is 8.90. The summed E-state index contributed by atoms with van der Waals surface area (Å²) in [5.41, 5.74) is -0.547. The van der Waals surface area contributed by atoms with Gasteiger partial charge in [0.2, 0.25) is 5.72 Å². The highest BCUT2D eigenvalue weighted by Gasteiger charge is 2.53. The van der Waals surface area contributed by atoms with Crippen molar-refractivity contribution in [3.8, 4) is 11.5 Å². The predicted molar refractivity (Wildman–Crippen MR) is 140 cm³/mol. The van der Waals surface area contributed by atoms with Crippen LogP contribution in [0.2, 0.25) is 10.0 Å². The first-order valence-electron chi connectivity index (χ1n) is 11.5. The van der Waals surface area contributed by atoms with Crippen LogP contribution in [0.1, 0.15) is 37.0 Å². The largest absolute Gasteiger partial charge is 0.484 e. The molecule has 6 rings (SSSR count). The maximum atomic E-state index is 13.6. The SMILES string of the molecule is CC(=O)[C@H]1[C@H]2c3ccccc3O[C@@]1(C)N=c1sc(=Cc3ccc(COc4cccc(Cl)c4Cl)o3)c(=O)n12. The van der Waals surface area contributed by atoms with E-state index >= 15 is 0 Å². The van der Waals surface area contributed by atoms with Gasteiger partial charge in [-0.1, -0.05) is 58.8 Å². The molecule has 0 fully saturated rings. The first-order valence-corrected chi connectivity index (χ1v) is 13.1. The molecule has 0 N–H and O–H groups in total. The zero-order valence-electron chi connectivity index (χ0n) is 19.7. The number of rotatable bonds is 5. The molecule has 7 nitrogen and oxygen atoms in total. The van der Waals surface area contributed by atoms with Gasteiger partial charge in [0.05, 0.1) is 15.6 Å². The van der Waals surface area contributed by atoms with Gasteiger partial charge in [-0.15, -0.1) is 0 Å². The standard InChI is InChI=1S/C27H20Cl2N2O5S/c1-14(32)22-24-17-6-3-4-8-19(17)36-27(22,2)30-26-31(24)25(33)21(37-26)12-15-10-11-16(35-15)13-34-20-9-5-7-18(28)23(20)29/h3-12,22,24H,13H2,1-2H3/t22-,24+,27+/m0/s1. The summed E-state index contributed by atoms with van der Waals surface area (Å²) in [6, 6.07) is 15.6. The van der Waals surface area contributed by atoms with Gasteiger partial charge < -0.3 is 13.9 Å². The first-order chi connectivity index (χ1) is 17.7. The number of nitrogens with zero attached hydrogens (tertiary/aromatic N) is 2. The Morgan fingerprint density at radius 2 is 2.00 bits per heavy atom. The summed E-state index contributed by atoms with van der Waals surface area (Å²) in [4.78, 5) is 31.6. The van der Waals surface area contributed by atoms with E-state index in [1.54, 1.807) is 47.9 Å². The Bertz CT molecular complexity index is 1740. The Morgan fingerprint density at radius 1 is 1.19 bits per heavy atom. The summed E-state index contributed by atoms with van der Waals surface area (Å²) in [6.45, 7) is 3.45. The second-order valence-corrected chi connectivity index (χ2v) is 10.8. The third-order valence-corrected chi connectivity index (χ3v) is 8.34. The smallest absolute Gasteiger partial charge is 0.271 e. The lowest BCUT2D eigenvalue weighted by Crippen LogP contribution is -2.58. The summed E-state index contributed by atoms with van der Waals surface area (Å²) in [5, 5.41) is 0.732. The third-order valence-electron chi connectivity index (χ3n) is 6.56. The molecular formula is C27H20Cl2N2O5S. The van der Waals surface area contributed by atoms with Gasteiger partial charge in [-0.25, -0.2) is 4.99 Å². The highest BCUT2D eigenvalue weighted by atomic mass is 35.5. The number of furan rings is 1. The van der Waals surface area contributed by atoms with Gasteiger partial charge >= 0.3 is 0 Å². The zero-order valence-corrected chi connectivity index (χ0v) is 22.1. The molecule has 0 aliphatic carbocycles. The molecule has 2 aliphatic heterocycles. The molecule has 0 radical (unpaired) electrons. The number of Topliss-reactive ketones (excluding diaryl/α,β-unsaturated/α-hetero) is 1. The first kappa shape index (κ1) is 24.0. The highest BCUT2D eigenvalue weighted by Crippen LogP contribution is 2.47. The van der Waals surface area contributed by atoms with Crippen molar-refractivity contribution < 1.29 is 18.7 Å². The lowest BCUT2D eigenvalue weighted by atomic mass is 9.79. The lowest BCUT2D eigenvalue weighted by Gasteiger charge is -2.45. The molecule has 0 saturated heterocycles. The Kier molecular flexibility index (Phi) is 5.78. The topological polar surface area (TPSA) is 83.0 Å². The monoisotopic (exact) mass is 554 g/mol. The van der Waals surface area contributed by atoms with Gasteiger partial charge in [0.25, 0.3) is 5.56 Å². The number of aromatic nitrogens is 1. The number of benzene rings is 2. The average molecular weight is 555 g/mol. The fourth-order valence-corrected chi connectivity index (χ4v) is 6.41.